The minimum Gasteiger partial charge on any atom is -0.308 e. The SMILES string of the molecule is CNC(c1cnc(C(F)(F)F)s1)c1cc2sccc2s1. The first-order valence-corrected chi connectivity index (χ1v) is 8.17. The highest BCUT2D eigenvalue weighted by Gasteiger charge is 2.35. The van der Waals surface area contributed by atoms with Gasteiger partial charge in [-0.2, -0.15) is 13.2 Å². The zero-order chi connectivity index (χ0) is 14.3. The second kappa shape index (κ2) is 5.10. The van der Waals surface area contributed by atoms with Crippen LogP contribution in [0.15, 0.2) is 23.7 Å². The Kier molecular flexibility index (Phi) is 3.57. The van der Waals surface area contributed by atoms with Crippen LogP contribution in [0.2, 0.25) is 0 Å². The van der Waals surface area contributed by atoms with Crippen LogP contribution in [0, 0.1) is 0 Å². The highest BCUT2D eigenvalue weighted by Crippen LogP contribution is 2.39. The van der Waals surface area contributed by atoms with Gasteiger partial charge < -0.3 is 5.32 Å². The van der Waals surface area contributed by atoms with Gasteiger partial charge in [-0.15, -0.1) is 34.0 Å². The minimum atomic E-state index is -4.38. The Balaban J connectivity index is 1.97. The molecule has 0 aliphatic rings. The molecule has 8 heteroatoms. The van der Waals surface area contributed by atoms with Crippen molar-refractivity contribution < 1.29 is 13.2 Å². The summed E-state index contributed by atoms with van der Waals surface area (Å²) in [7, 11) is 1.74. The number of halogens is 3. The molecule has 0 aliphatic heterocycles. The lowest BCUT2D eigenvalue weighted by Gasteiger charge is -2.11. The van der Waals surface area contributed by atoms with Crippen LogP contribution in [-0.2, 0) is 6.18 Å². The van der Waals surface area contributed by atoms with Gasteiger partial charge in [0.2, 0.25) is 0 Å². The molecule has 0 saturated heterocycles. The van der Waals surface area contributed by atoms with Crippen molar-refractivity contribution in [2.45, 2.75) is 12.2 Å². The van der Waals surface area contributed by atoms with E-state index in [2.05, 4.69) is 10.3 Å². The maximum Gasteiger partial charge on any atom is 0.443 e. The summed E-state index contributed by atoms with van der Waals surface area (Å²) >= 11 is 3.92. The van der Waals surface area contributed by atoms with Crippen LogP contribution in [-0.4, -0.2) is 12.0 Å². The van der Waals surface area contributed by atoms with E-state index in [-0.39, 0.29) is 6.04 Å². The minimum absolute atomic E-state index is 0.242. The molecule has 0 spiro atoms. The van der Waals surface area contributed by atoms with Gasteiger partial charge >= 0.3 is 6.18 Å². The molecular formula is C12H9F3N2S3. The predicted molar refractivity (Wildman–Crippen MR) is 77.7 cm³/mol. The molecule has 0 saturated carbocycles. The van der Waals surface area contributed by atoms with Gasteiger partial charge in [-0.05, 0) is 24.6 Å². The average molecular weight is 334 g/mol. The molecule has 0 fully saturated rings. The van der Waals surface area contributed by atoms with Gasteiger partial charge in [-0.1, -0.05) is 0 Å². The molecule has 0 aromatic carbocycles. The Hall–Kier alpha value is -0.960. The molecule has 3 heterocycles. The van der Waals surface area contributed by atoms with Gasteiger partial charge in [0.1, 0.15) is 0 Å². The van der Waals surface area contributed by atoms with Crippen LogP contribution in [0.3, 0.4) is 0 Å². The first-order chi connectivity index (χ1) is 9.49. The van der Waals surface area contributed by atoms with Crippen LogP contribution in [0.4, 0.5) is 13.2 Å². The largest absolute Gasteiger partial charge is 0.443 e. The fraction of sp³-hybridized carbons (Fsp3) is 0.250. The molecule has 3 rings (SSSR count). The number of thiazole rings is 1. The third kappa shape index (κ3) is 2.48. The monoisotopic (exact) mass is 334 g/mol. The van der Waals surface area contributed by atoms with Crippen LogP contribution in [0.5, 0.6) is 0 Å². The summed E-state index contributed by atoms with van der Waals surface area (Å²) in [5.41, 5.74) is 0. The van der Waals surface area contributed by atoms with Crippen LogP contribution in [0.1, 0.15) is 20.8 Å². The lowest BCUT2D eigenvalue weighted by Crippen LogP contribution is -2.15. The molecule has 3 aromatic heterocycles. The molecule has 1 unspecified atom stereocenters. The number of rotatable bonds is 3. The van der Waals surface area contributed by atoms with E-state index in [0.29, 0.717) is 16.2 Å². The van der Waals surface area contributed by atoms with E-state index in [0.717, 1.165) is 14.3 Å². The molecule has 1 atom stereocenters. The fourth-order valence-corrected chi connectivity index (χ4v) is 5.14. The Morgan fingerprint density at radius 1 is 1.20 bits per heavy atom. The highest BCUT2D eigenvalue weighted by molar-refractivity contribution is 7.27. The lowest BCUT2D eigenvalue weighted by atomic mass is 10.2. The van der Waals surface area contributed by atoms with Gasteiger partial charge in [0, 0.05) is 25.4 Å². The van der Waals surface area contributed by atoms with Gasteiger partial charge in [-0.25, -0.2) is 4.98 Å². The normalized spacial score (nSPS) is 14.0. The zero-order valence-electron chi connectivity index (χ0n) is 10.2. The van der Waals surface area contributed by atoms with Gasteiger partial charge in [-0.3, -0.25) is 0 Å². The number of hydrogen-bond donors (Lipinski definition) is 1. The van der Waals surface area contributed by atoms with Crippen molar-refractivity contribution in [2.24, 2.45) is 0 Å². The molecule has 106 valence electrons. The Morgan fingerprint density at radius 3 is 2.60 bits per heavy atom. The van der Waals surface area contributed by atoms with Crippen molar-refractivity contribution in [1.82, 2.24) is 10.3 Å². The molecule has 0 aliphatic carbocycles. The van der Waals surface area contributed by atoms with Crippen molar-refractivity contribution in [1.29, 1.82) is 0 Å². The molecule has 0 bridgehead atoms. The number of fused-ring (bicyclic) bond motifs is 1. The van der Waals surface area contributed by atoms with Crippen molar-refractivity contribution in [2.75, 3.05) is 7.05 Å². The van der Waals surface area contributed by atoms with Crippen molar-refractivity contribution in [3.8, 4) is 0 Å². The maximum atomic E-state index is 12.6. The smallest absolute Gasteiger partial charge is 0.308 e. The summed E-state index contributed by atoms with van der Waals surface area (Å²) in [6.07, 6.45) is -3.07. The third-order valence-electron chi connectivity index (χ3n) is 2.78. The number of aromatic nitrogens is 1. The number of thiophene rings is 2. The van der Waals surface area contributed by atoms with Crippen molar-refractivity contribution >= 4 is 43.4 Å². The molecular weight excluding hydrogens is 325 g/mol. The Morgan fingerprint density at radius 2 is 2.00 bits per heavy atom. The van der Waals surface area contributed by atoms with Crippen LogP contribution < -0.4 is 5.32 Å². The summed E-state index contributed by atoms with van der Waals surface area (Å²) in [5, 5.41) is 4.28. The standard InChI is InChI=1S/C12H9F3N2S3/c1-16-10(8-4-7-6(19-8)2-3-18-7)9-5-17-11(20-9)12(13,14)15/h2-5,10,16H,1H3. The van der Waals surface area contributed by atoms with E-state index in [9.17, 15) is 13.2 Å². The lowest BCUT2D eigenvalue weighted by molar-refractivity contribution is -0.137. The average Bonchev–Trinajstić information content (AvgIpc) is 3.01. The molecule has 0 radical (unpaired) electrons. The predicted octanol–water partition coefficient (Wildman–Crippen LogP) is 4.75. The van der Waals surface area contributed by atoms with Gasteiger partial charge in [0.05, 0.1) is 6.04 Å². The molecule has 1 N–H and O–H groups in total. The molecule has 20 heavy (non-hydrogen) atoms. The number of nitrogens with zero attached hydrogens (tertiary/aromatic N) is 1. The first-order valence-electron chi connectivity index (χ1n) is 5.66. The first kappa shape index (κ1) is 14.0. The number of nitrogens with one attached hydrogen (secondary N) is 1. The highest BCUT2D eigenvalue weighted by atomic mass is 32.1. The van der Waals surface area contributed by atoms with E-state index in [1.807, 2.05) is 17.5 Å². The van der Waals surface area contributed by atoms with Crippen LogP contribution >= 0.6 is 34.0 Å². The Labute approximate surface area is 124 Å². The second-order valence-electron chi connectivity index (χ2n) is 4.09. The van der Waals surface area contributed by atoms with E-state index in [1.165, 1.54) is 6.20 Å². The number of alkyl halides is 3. The number of hydrogen-bond acceptors (Lipinski definition) is 5. The quantitative estimate of drug-likeness (QED) is 0.748. The topological polar surface area (TPSA) is 24.9 Å². The van der Waals surface area contributed by atoms with Crippen molar-refractivity contribution in [3.63, 3.8) is 0 Å². The van der Waals surface area contributed by atoms with E-state index in [4.69, 9.17) is 0 Å². The molecule has 2 nitrogen and oxygen atoms in total. The second-order valence-corrected chi connectivity index (χ2v) is 7.21. The summed E-state index contributed by atoms with van der Waals surface area (Å²) in [5.74, 6) is 0. The summed E-state index contributed by atoms with van der Waals surface area (Å²) in [4.78, 5) is 5.07. The molecule has 0 amide bonds. The van der Waals surface area contributed by atoms with Gasteiger partial charge in [0.25, 0.3) is 0 Å². The van der Waals surface area contributed by atoms with E-state index >= 15 is 0 Å². The Bertz CT molecular complexity index is 697. The third-order valence-corrected chi connectivity index (χ3v) is 6.05. The van der Waals surface area contributed by atoms with Crippen molar-refractivity contribution in [3.05, 3.63) is 38.5 Å². The summed E-state index contributed by atoms with van der Waals surface area (Å²) in [6, 6.07) is 3.81. The fourth-order valence-electron chi connectivity index (χ4n) is 1.90. The maximum absolute atomic E-state index is 12.6. The van der Waals surface area contributed by atoms with Gasteiger partial charge in [0.15, 0.2) is 5.01 Å². The zero-order valence-corrected chi connectivity index (χ0v) is 12.6. The summed E-state index contributed by atoms with van der Waals surface area (Å²) < 4.78 is 40.2. The van der Waals surface area contributed by atoms with E-state index < -0.39 is 11.2 Å². The molecule has 3 aromatic rings. The van der Waals surface area contributed by atoms with Crippen LogP contribution in [0.25, 0.3) is 9.40 Å². The van der Waals surface area contributed by atoms with E-state index in [1.54, 1.807) is 29.7 Å². The summed E-state index contributed by atoms with van der Waals surface area (Å²) in [6.45, 7) is 0.